The largest absolute Gasteiger partial charge is 0.379 e. The van der Waals surface area contributed by atoms with E-state index in [1.54, 1.807) is 13.5 Å². The highest BCUT2D eigenvalue weighted by atomic mass is 16.5. The summed E-state index contributed by atoms with van der Waals surface area (Å²) in [6.45, 7) is 0.445. The number of carbonyl (C=O) groups is 1. The van der Waals surface area contributed by atoms with Gasteiger partial charge >= 0.3 is 0 Å². The summed E-state index contributed by atoms with van der Waals surface area (Å²) in [5.74, 6) is -0.424. The molecule has 2 atom stereocenters. The van der Waals surface area contributed by atoms with E-state index in [4.69, 9.17) is 15.2 Å². The summed E-state index contributed by atoms with van der Waals surface area (Å²) in [4.78, 5) is 10.7. The van der Waals surface area contributed by atoms with Crippen molar-refractivity contribution in [1.29, 1.82) is 0 Å². The molecular formula is C8H14NO3. The van der Waals surface area contributed by atoms with Crippen molar-refractivity contribution in [2.24, 2.45) is 5.73 Å². The Bertz CT molecular complexity index is 160. The van der Waals surface area contributed by atoms with Crippen LogP contribution in [0.1, 0.15) is 12.8 Å². The van der Waals surface area contributed by atoms with Gasteiger partial charge in [-0.3, -0.25) is 4.79 Å². The third kappa shape index (κ3) is 2.46. The molecule has 1 amide bonds. The van der Waals surface area contributed by atoms with Crippen molar-refractivity contribution in [2.75, 3.05) is 13.7 Å². The monoisotopic (exact) mass is 172 g/mol. The Labute approximate surface area is 72.0 Å². The molecule has 1 rings (SSSR count). The lowest BCUT2D eigenvalue weighted by atomic mass is 10.1. The maximum Gasteiger partial charge on any atom is 0.246 e. The number of methoxy groups -OCH3 is 1. The molecule has 69 valence electrons. The van der Waals surface area contributed by atoms with E-state index in [1.807, 2.05) is 0 Å². The highest BCUT2D eigenvalue weighted by Crippen LogP contribution is 2.14. The third-order valence-electron chi connectivity index (χ3n) is 1.94. The first kappa shape index (κ1) is 9.48. The van der Waals surface area contributed by atoms with Gasteiger partial charge in [-0.25, -0.2) is 0 Å². The second-order valence-corrected chi connectivity index (χ2v) is 2.83. The average molecular weight is 172 g/mol. The van der Waals surface area contributed by atoms with Crippen LogP contribution in [0.25, 0.3) is 0 Å². The van der Waals surface area contributed by atoms with Crippen LogP contribution in [0.15, 0.2) is 0 Å². The quantitative estimate of drug-likeness (QED) is 0.631. The minimum Gasteiger partial charge on any atom is -0.379 e. The summed E-state index contributed by atoms with van der Waals surface area (Å²) < 4.78 is 10.3. The molecule has 12 heavy (non-hydrogen) atoms. The fourth-order valence-corrected chi connectivity index (χ4v) is 1.18. The standard InChI is InChI=1S/C8H14NO3/c1-11-6-3-2-4-7(8(9)10)12-5-6/h4,6-7H,2-3,5H2,1H3,(H2,9,10). The van der Waals surface area contributed by atoms with Crippen molar-refractivity contribution in [3.05, 3.63) is 6.42 Å². The van der Waals surface area contributed by atoms with Crippen molar-refractivity contribution in [2.45, 2.75) is 25.0 Å². The molecule has 0 aromatic carbocycles. The molecule has 0 aliphatic carbocycles. The molecule has 1 fully saturated rings. The summed E-state index contributed by atoms with van der Waals surface area (Å²) in [5, 5.41) is 0. The number of rotatable bonds is 2. The second kappa shape index (κ2) is 4.42. The maximum atomic E-state index is 10.7. The Balaban J connectivity index is 2.39. The van der Waals surface area contributed by atoms with Gasteiger partial charge in [0.1, 0.15) is 6.10 Å². The maximum absolute atomic E-state index is 10.7. The van der Waals surface area contributed by atoms with Gasteiger partial charge in [0.25, 0.3) is 0 Å². The molecule has 4 heteroatoms. The Kier molecular flexibility index (Phi) is 3.49. The van der Waals surface area contributed by atoms with Crippen LogP contribution >= 0.6 is 0 Å². The smallest absolute Gasteiger partial charge is 0.246 e. The molecule has 0 spiro atoms. The number of amides is 1. The lowest BCUT2D eigenvalue weighted by Crippen LogP contribution is -2.32. The molecule has 0 saturated carbocycles. The normalized spacial score (nSPS) is 31.1. The number of ether oxygens (including phenoxy) is 2. The first-order valence-electron chi connectivity index (χ1n) is 4.01. The van der Waals surface area contributed by atoms with Gasteiger partial charge in [-0.05, 0) is 12.8 Å². The van der Waals surface area contributed by atoms with Crippen LogP contribution in [-0.2, 0) is 14.3 Å². The summed E-state index contributed by atoms with van der Waals surface area (Å²) in [6, 6.07) is 0. The molecule has 2 unspecified atom stereocenters. The molecular weight excluding hydrogens is 158 g/mol. The second-order valence-electron chi connectivity index (χ2n) is 2.83. The fourth-order valence-electron chi connectivity index (χ4n) is 1.18. The van der Waals surface area contributed by atoms with Crippen LogP contribution < -0.4 is 5.73 Å². The number of hydrogen-bond donors (Lipinski definition) is 1. The molecule has 0 aromatic rings. The van der Waals surface area contributed by atoms with Crippen LogP contribution in [0, 0.1) is 6.42 Å². The summed E-state index contributed by atoms with van der Waals surface area (Å²) >= 11 is 0. The number of nitrogens with two attached hydrogens (primary N) is 1. The van der Waals surface area contributed by atoms with E-state index in [9.17, 15) is 4.79 Å². The van der Waals surface area contributed by atoms with Crippen LogP contribution in [0.2, 0.25) is 0 Å². The molecule has 0 aromatic heterocycles. The van der Waals surface area contributed by atoms with E-state index in [0.717, 1.165) is 12.8 Å². The Morgan fingerprint density at radius 1 is 1.75 bits per heavy atom. The topological polar surface area (TPSA) is 61.5 Å². The fraction of sp³-hybridized carbons (Fsp3) is 0.750. The predicted octanol–water partition coefficient (Wildman–Crippen LogP) is -0.130. The minimum atomic E-state index is -0.537. The van der Waals surface area contributed by atoms with Crippen molar-refractivity contribution in [1.82, 2.24) is 0 Å². The summed E-state index contributed by atoms with van der Waals surface area (Å²) in [7, 11) is 1.64. The molecule has 0 bridgehead atoms. The van der Waals surface area contributed by atoms with Gasteiger partial charge in [-0.2, -0.15) is 0 Å². The summed E-state index contributed by atoms with van der Waals surface area (Å²) in [5.41, 5.74) is 5.09. The van der Waals surface area contributed by atoms with Crippen molar-refractivity contribution < 1.29 is 14.3 Å². The summed E-state index contributed by atoms with van der Waals surface area (Å²) in [6.07, 6.45) is 3.05. The molecule has 4 nitrogen and oxygen atoms in total. The first-order chi connectivity index (χ1) is 5.74. The number of hydrogen-bond acceptors (Lipinski definition) is 3. The van der Waals surface area contributed by atoms with Gasteiger partial charge in [-0.15, -0.1) is 0 Å². The van der Waals surface area contributed by atoms with E-state index >= 15 is 0 Å². The van der Waals surface area contributed by atoms with E-state index < -0.39 is 12.0 Å². The van der Waals surface area contributed by atoms with Crippen LogP contribution in [0.3, 0.4) is 0 Å². The van der Waals surface area contributed by atoms with Gasteiger partial charge in [0.15, 0.2) is 0 Å². The average Bonchev–Trinajstić information content (AvgIpc) is 2.28. The highest BCUT2D eigenvalue weighted by Gasteiger charge is 2.22. The van der Waals surface area contributed by atoms with Gasteiger partial charge < -0.3 is 15.2 Å². The number of carbonyl (C=O) groups excluding carboxylic acids is 1. The van der Waals surface area contributed by atoms with E-state index in [2.05, 4.69) is 0 Å². The van der Waals surface area contributed by atoms with Crippen molar-refractivity contribution >= 4 is 5.91 Å². The lowest BCUT2D eigenvalue weighted by Gasteiger charge is -2.12. The molecule has 1 radical (unpaired) electrons. The van der Waals surface area contributed by atoms with Gasteiger partial charge in [0.05, 0.1) is 12.7 Å². The zero-order valence-corrected chi connectivity index (χ0v) is 7.16. The van der Waals surface area contributed by atoms with E-state index in [0.29, 0.717) is 6.61 Å². The Morgan fingerprint density at radius 2 is 2.50 bits per heavy atom. The zero-order valence-electron chi connectivity index (χ0n) is 7.16. The molecule has 1 heterocycles. The molecule has 2 N–H and O–H groups in total. The van der Waals surface area contributed by atoms with Crippen LogP contribution in [0.5, 0.6) is 0 Å². The van der Waals surface area contributed by atoms with Gasteiger partial charge in [0, 0.05) is 13.5 Å². The van der Waals surface area contributed by atoms with Crippen LogP contribution in [-0.4, -0.2) is 31.8 Å². The minimum absolute atomic E-state index is 0.0885. The van der Waals surface area contributed by atoms with Crippen LogP contribution in [0.4, 0.5) is 0 Å². The lowest BCUT2D eigenvalue weighted by molar-refractivity contribution is -0.128. The van der Waals surface area contributed by atoms with E-state index in [1.165, 1.54) is 0 Å². The van der Waals surface area contributed by atoms with Gasteiger partial charge in [0.2, 0.25) is 5.91 Å². The Hall–Kier alpha value is -0.610. The highest BCUT2D eigenvalue weighted by molar-refractivity contribution is 5.80. The van der Waals surface area contributed by atoms with Crippen molar-refractivity contribution in [3.8, 4) is 0 Å². The third-order valence-corrected chi connectivity index (χ3v) is 1.94. The SMILES string of the molecule is COC1CC[CH]C(C(N)=O)OC1. The molecule has 1 saturated heterocycles. The van der Waals surface area contributed by atoms with Crippen molar-refractivity contribution in [3.63, 3.8) is 0 Å². The molecule has 1 aliphatic rings. The Morgan fingerprint density at radius 3 is 3.08 bits per heavy atom. The van der Waals surface area contributed by atoms with E-state index in [-0.39, 0.29) is 6.10 Å². The first-order valence-corrected chi connectivity index (χ1v) is 4.01. The zero-order chi connectivity index (χ0) is 8.97. The predicted molar refractivity (Wildman–Crippen MR) is 43.3 cm³/mol. The molecule has 1 aliphatic heterocycles. The number of primary amides is 1. The van der Waals surface area contributed by atoms with Gasteiger partial charge in [-0.1, -0.05) is 0 Å².